The second-order valence-electron chi connectivity index (χ2n) is 7.15. The monoisotopic (exact) mass is 391 g/mol. The largest absolute Gasteiger partial charge is 0.433 e. The van der Waals surface area contributed by atoms with Gasteiger partial charge in [0.25, 0.3) is 5.56 Å². The van der Waals surface area contributed by atoms with Crippen molar-refractivity contribution >= 4 is 17.0 Å². The lowest BCUT2D eigenvalue weighted by atomic mass is 9.97. The maximum Gasteiger partial charge on any atom is 0.433 e. The van der Waals surface area contributed by atoms with Gasteiger partial charge in [-0.2, -0.15) is 13.2 Å². The number of piperidine rings is 1. The van der Waals surface area contributed by atoms with Gasteiger partial charge in [0, 0.05) is 32.7 Å². The molecule has 0 N–H and O–H groups in total. The van der Waals surface area contributed by atoms with E-state index < -0.39 is 17.4 Å². The summed E-state index contributed by atoms with van der Waals surface area (Å²) in [5.41, 5.74) is 0.206. The Morgan fingerprint density at radius 1 is 1.18 bits per heavy atom. The predicted octanol–water partition coefficient (Wildman–Crippen LogP) is 3.07. The van der Waals surface area contributed by atoms with E-state index >= 15 is 0 Å². The number of rotatable bonds is 3. The Hall–Kier alpha value is -2.84. The molecule has 0 saturated carbocycles. The number of benzene rings is 1. The Bertz CT molecular complexity index is 1050. The van der Waals surface area contributed by atoms with Gasteiger partial charge in [-0.1, -0.05) is 12.1 Å². The quantitative estimate of drug-likeness (QED) is 0.689. The summed E-state index contributed by atoms with van der Waals surface area (Å²) in [6.45, 7) is 1.94. The van der Waals surface area contributed by atoms with Crippen LogP contribution in [0.25, 0.3) is 11.0 Å². The van der Waals surface area contributed by atoms with Crippen molar-refractivity contribution in [1.82, 2.24) is 19.1 Å². The van der Waals surface area contributed by atoms with Gasteiger partial charge in [-0.05, 0) is 30.9 Å². The molecule has 0 atom stereocenters. The van der Waals surface area contributed by atoms with E-state index in [9.17, 15) is 18.0 Å². The second-order valence-corrected chi connectivity index (χ2v) is 7.15. The number of anilines is 1. The van der Waals surface area contributed by atoms with Crippen LogP contribution in [0.3, 0.4) is 0 Å². The lowest BCUT2D eigenvalue weighted by Gasteiger charge is -2.32. The zero-order valence-electron chi connectivity index (χ0n) is 15.4. The SMILES string of the molecule is Cn1c(N2CCC(Cn3cnc(C(F)(F)F)cc3=O)CC2)nc2ccccc21. The summed E-state index contributed by atoms with van der Waals surface area (Å²) in [6.07, 6.45) is -1.94. The number of imidazole rings is 1. The van der Waals surface area contributed by atoms with Crippen molar-refractivity contribution in [2.45, 2.75) is 25.6 Å². The van der Waals surface area contributed by atoms with E-state index in [0.29, 0.717) is 12.6 Å². The van der Waals surface area contributed by atoms with Gasteiger partial charge >= 0.3 is 6.18 Å². The smallest absolute Gasteiger partial charge is 0.342 e. The number of nitrogens with zero attached hydrogens (tertiary/aromatic N) is 5. The number of aryl methyl sites for hydroxylation is 1. The standard InChI is InChI=1S/C19H20F3N5O/c1-25-15-5-3-2-4-14(15)24-18(25)26-8-6-13(7-9-26)11-27-12-23-16(10-17(27)28)19(20,21)22/h2-5,10,12-13H,6-9,11H2,1H3. The summed E-state index contributed by atoms with van der Waals surface area (Å²) < 4.78 is 41.3. The highest BCUT2D eigenvalue weighted by atomic mass is 19.4. The van der Waals surface area contributed by atoms with E-state index in [-0.39, 0.29) is 5.92 Å². The van der Waals surface area contributed by atoms with E-state index in [1.165, 1.54) is 4.57 Å². The minimum absolute atomic E-state index is 0.210. The Morgan fingerprint density at radius 3 is 2.54 bits per heavy atom. The maximum atomic E-state index is 12.6. The van der Waals surface area contributed by atoms with Crippen molar-refractivity contribution in [1.29, 1.82) is 0 Å². The third-order valence-electron chi connectivity index (χ3n) is 5.29. The normalized spacial score (nSPS) is 16.1. The lowest BCUT2D eigenvalue weighted by Crippen LogP contribution is -2.37. The van der Waals surface area contributed by atoms with Gasteiger partial charge < -0.3 is 9.47 Å². The topological polar surface area (TPSA) is 56.0 Å². The minimum atomic E-state index is -4.60. The molecular formula is C19H20F3N5O. The van der Waals surface area contributed by atoms with E-state index in [1.54, 1.807) is 0 Å². The highest BCUT2D eigenvalue weighted by Crippen LogP contribution is 2.27. The average molecular weight is 391 g/mol. The van der Waals surface area contributed by atoms with Gasteiger partial charge in [0.15, 0.2) is 5.69 Å². The van der Waals surface area contributed by atoms with Gasteiger partial charge in [-0.3, -0.25) is 9.36 Å². The number of hydrogen-bond donors (Lipinski definition) is 0. The number of alkyl halides is 3. The van der Waals surface area contributed by atoms with Crippen LogP contribution in [0, 0.1) is 5.92 Å². The minimum Gasteiger partial charge on any atom is -0.342 e. The summed E-state index contributed by atoms with van der Waals surface area (Å²) in [7, 11) is 1.99. The molecule has 2 aromatic heterocycles. The van der Waals surface area contributed by atoms with Crippen LogP contribution in [-0.4, -0.2) is 32.2 Å². The van der Waals surface area contributed by atoms with Gasteiger partial charge in [0.2, 0.25) is 5.95 Å². The number of hydrogen-bond acceptors (Lipinski definition) is 4. The van der Waals surface area contributed by atoms with Gasteiger partial charge in [0.05, 0.1) is 17.4 Å². The maximum absolute atomic E-state index is 12.6. The molecule has 148 valence electrons. The molecule has 1 aliphatic rings. The van der Waals surface area contributed by atoms with E-state index in [0.717, 1.165) is 49.2 Å². The van der Waals surface area contributed by atoms with Crippen LogP contribution in [0.5, 0.6) is 0 Å². The van der Waals surface area contributed by atoms with Crippen LogP contribution in [0.15, 0.2) is 41.5 Å². The molecule has 4 rings (SSSR count). The third-order valence-corrected chi connectivity index (χ3v) is 5.29. The van der Waals surface area contributed by atoms with Crippen molar-refractivity contribution in [3.8, 4) is 0 Å². The molecule has 0 unspecified atom stereocenters. The van der Waals surface area contributed by atoms with Crippen molar-refractivity contribution < 1.29 is 13.2 Å². The molecule has 0 bridgehead atoms. The predicted molar refractivity (Wildman–Crippen MR) is 99.2 cm³/mol. The van der Waals surface area contributed by atoms with Crippen LogP contribution in [0.1, 0.15) is 18.5 Å². The first-order chi connectivity index (χ1) is 13.3. The molecule has 1 aliphatic heterocycles. The van der Waals surface area contributed by atoms with Crippen molar-refractivity contribution in [2.75, 3.05) is 18.0 Å². The molecular weight excluding hydrogens is 371 g/mol. The lowest BCUT2D eigenvalue weighted by molar-refractivity contribution is -0.141. The molecule has 3 heterocycles. The number of fused-ring (bicyclic) bond motifs is 1. The molecule has 0 spiro atoms. The molecule has 1 saturated heterocycles. The van der Waals surface area contributed by atoms with Crippen LogP contribution < -0.4 is 10.5 Å². The average Bonchev–Trinajstić information content (AvgIpc) is 3.00. The molecule has 3 aromatic rings. The molecule has 9 heteroatoms. The molecule has 1 aromatic carbocycles. The van der Waals surface area contributed by atoms with E-state index in [4.69, 9.17) is 4.98 Å². The summed E-state index contributed by atoms with van der Waals surface area (Å²) in [4.78, 5) is 22.3. The van der Waals surface area contributed by atoms with Gasteiger partial charge in [0.1, 0.15) is 0 Å². The fourth-order valence-electron chi connectivity index (χ4n) is 3.73. The van der Waals surface area contributed by atoms with Gasteiger partial charge in [-0.15, -0.1) is 0 Å². The Balaban J connectivity index is 1.43. The third kappa shape index (κ3) is 3.48. The summed E-state index contributed by atoms with van der Waals surface area (Å²) in [6, 6.07) is 8.52. The number of halogens is 3. The Morgan fingerprint density at radius 2 is 1.89 bits per heavy atom. The molecule has 0 aliphatic carbocycles. The first kappa shape index (κ1) is 18.5. The summed E-state index contributed by atoms with van der Waals surface area (Å²) in [5.74, 6) is 1.12. The van der Waals surface area contributed by atoms with E-state index in [2.05, 4.69) is 14.5 Å². The molecule has 6 nitrogen and oxygen atoms in total. The highest BCUT2D eigenvalue weighted by molar-refractivity contribution is 5.78. The van der Waals surface area contributed by atoms with Crippen molar-refractivity contribution in [3.05, 3.63) is 52.7 Å². The Labute approximate surface area is 159 Å². The molecule has 0 radical (unpaired) electrons. The molecule has 28 heavy (non-hydrogen) atoms. The zero-order chi connectivity index (χ0) is 19.9. The molecule has 0 amide bonds. The fourth-order valence-corrected chi connectivity index (χ4v) is 3.73. The summed E-state index contributed by atoms with van der Waals surface area (Å²) >= 11 is 0. The Kier molecular flexibility index (Phi) is 4.60. The summed E-state index contributed by atoms with van der Waals surface area (Å²) in [5, 5.41) is 0. The number of para-hydroxylation sites is 2. The van der Waals surface area contributed by atoms with Crippen LogP contribution in [0.2, 0.25) is 0 Å². The van der Waals surface area contributed by atoms with Crippen molar-refractivity contribution in [2.24, 2.45) is 13.0 Å². The van der Waals surface area contributed by atoms with Crippen LogP contribution in [-0.2, 0) is 19.8 Å². The highest BCUT2D eigenvalue weighted by Gasteiger charge is 2.33. The van der Waals surface area contributed by atoms with E-state index in [1.807, 2.05) is 31.3 Å². The van der Waals surface area contributed by atoms with Gasteiger partial charge in [-0.25, -0.2) is 9.97 Å². The molecule has 1 fully saturated rings. The van der Waals surface area contributed by atoms with Crippen molar-refractivity contribution in [3.63, 3.8) is 0 Å². The number of aromatic nitrogens is 4. The van der Waals surface area contributed by atoms with Crippen LogP contribution >= 0.6 is 0 Å². The second kappa shape index (κ2) is 6.96. The fraction of sp³-hybridized carbons (Fsp3) is 0.421. The first-order valence-electron chi connectivity index (χ1n) is 9.13. The first-order valence-corrected chi connectivity index (χ1v) is 9.13. The van der Waals surface area contributed by atoms with Crippen LogP contribution in [0.4, 0.5) is 19.1 Å². The zero-order valence-corrected chi connectivity index (χ0v) is 15.4.